The van der Waals surface area contributed by atoms with E-state index in [1.165, 1.54) is 0 Å². The molecule has 3 aromatic carbocycles. The van der Waals surface area contributed by atoms with Crippen LogP contribution in [0.2, 0.25) is 0 Å². The van der Waals surface area contributed by atoms with E-state index in [-0.39, 0.29) is 23.8 Å². The molecular formula is C30H24N4O4. The molecule has 0 aliphatic carbocycles. The third kappa shape index (κ3) is 5.50. The molecule has 5 rings (SSSR count). The summed E-state index contributed by atoms with van der Waals surface area (Å²) in [6.07, 6.45) is 3.38. The van der Waals surface area contributed by atoms with Crippen LogP contribution in [0.1, 0.15) is 32.0 Å². The molecule has 0 unspecified atom stereocenters. The Hall–Kier alpha value is -5.08. The SMILES string of the molecule is Cc1ccc(NC(=O)c2ccc3ncccc3c2)cc1N(O)C(=O)c1cccc(OCc2ccccn2)c1. The molecule has 2 heterocycles. The quantitative estimate of drug-likeness (QED) is 0.214. The summed E-state index contributed by atoms with van der Waals surface area (Å²) in [7, 11) is 0. The van der Waals surface area contributed by atoms with E-state index in [0.717, 1.165) is 16.6 Å². The van der Waals surface area contributed by atoms with E-state index in [2.05, 4.69) is 15.3 Å². The van der Waals surface area contributed by atoms with Gasteiger partial charge in [-0.1, -0.05) is 24.3 Å². The number of rotatable bonds is 7. The minimum absolute atomic E-state index is 0.240. The lowest BCUT2D eigenvalue weighted by Crippen LogP contribution is -2.28. The van der Waals surface area contributed by atoms with Gasteiger partial charge in [0.15, 0.2) is 0 Å². The maximum absolute atomic E-state index is 13.1. The van der Waals surface area contributed by atoms with Crippen LogP contribution >= 0.6 is 0 Å². The average Bonchev–Trinajstić information content (AvgIpc) is 2.96. The van der Waals surface area contributed by atoms with Gasteiger partial charge in [-0.15, -0.1) is 0 Å². The second-order valence-corrected chi connectivity index (χ2v) is 8.62. The third-order valence-electron chi connectivity index (χ3n) is 5.95. The fourth-order valence-corrected chi connectivity index (χ4v) is 3.93. The highest BCUT2D eigenvalue weighted by Gasteiger charge is 2.19. The summed E-state index contributed by atoms with van der Waals surface area (Å²) >= 11 is 0. The first kappa shape index (κ1) is 24.6. The van der Waals surface area contributed by atoms with Gasteiger partial charge in [-0.05, 0) is 79.2 Å². The highest BCUT2D eigenvalue weighted by Crippen LogP contribution is 2.26. The van der Waals surface area contributed by atoms with E-state index in [4.69, 9.17) is 4.74 Å². The van der Waals surface area contributed by atoms with Crippen LogP contribution in [0.15, 0.2) is 103 Å². The van der Waals surface area contributed by atoms with Crippen LogP contribution in [0.5, 0.6) is 5.75 Å². The molecule has 2 amide bonds. The van der Waals surface area contributed by atoms with Crippen LogP contribution in [0, 0.1) is 6.92 Å². The van der Waals surface area contributed by atoms with Gasteiger partial charge in [0.2, 0.25) is 0 Å². The number of aryl methyl sites for hydroxylation is 1. The number of aromatic nitrogens is 2. The van der Waals surface area contributed by atoms with Gasteiger partial charge >= 0.3 is 0 Å². The molecule has 0 bridgehead atoms. The van der Waals surface area contributed by atoms with Crippen LogP contribution in [0.4, 0.5) is 11.4 Å². The molecule has 0 radical (unpaired) electrons. The van der Waals surface area contributed by atoms with Crippen molar-refractivity contribution in [3.8, 4) is 5.75 Å². The fraction of sp³-hybridized carbons (Fsp3) is 0.0667. The van der Waals surface area contributed by atoms with Crippen molar-refractivity contribution in [2.45, 2.75) is 13.5 Å². The maximum Gasteiger partial charge on any atom is 0.282 e. The van der Waals surface area contributed by atoms with Gasteiger partial charge in [-0.3, -0.25) is 24.8 Å². The van der Waals surface area contributed by atoms with Gasteiger partial charge in [0, 0.05) is 34.6 Å². The van der Waals surface area contributed by atoms with E-state index in [9.17, 15) is 14.8 Å². The van der Waals surface area contributed by atoms with Crippen molar-refractivity contribution >= 4 is 34.1 Å². The summed E-state index contributed by atoms with van der Waals surface area (Å²) in [6, 6.07) is 26.0. The molecular weight excluding hydrogens is 480 g/mol. The highest BCUT2D eigenvalue weighted by molar-refractivity contribution is 6.08. The molecule has 8 nitrogen and oxygen atoms in total. The van der Waals surface area contributed by atoms with Crippen molar-refractivity contribution in [2.75, 3.05) is 10.4 Å². The Labute approximate surface area is 219 Å². The van der Waals surface area contributed by atoms with Crippen LogP contribution in [-0.4, -0.2) is 27.0 Å². The summed E-state index contributed by atoms with van der Waals surface area (Å²) in [6.45, 7) is 2.01. The van der Waals surface area contributed by atoms with Crippen molar-refractivity contribution in [1.82, 2.24) is 9.97 Å². The summed E-state index contributed by atoms with van der Waals surface area (Å²) < 4.78 is 5.76. The first-order valence-electron chi connectivity index (χ1n) is 11.9. The molecule has 0 atom stereocenters. The first-order valence-corrected chi connectivity index (χ1v) is 11.9. The van der Waals surface area contributed by atoms with Crippen LogP contribution in [0.25, 0.3) is 10.9 Å². The number of hydrogen-bond donors (Lipinski definition) is 2. The number of amides is 2. The molecule has 0 fully saturated rings. The molecule has 0 saturated heterocycles. The second kappa shape index (κ2) is 10.9. The lowest BCUT2D eigenvalue weighted by molar-refractivity contribution is 0.0853. The monoisotopic (exact) mass is 504 g/mol. The number of fused-ring (bicyclic) bond motifs is 1. The van der Waals surface area contributed by atoms with Crippen molar-refractivity contribution in [2.24, 2.45) is 0 Å². The van der Waals surface area contributed by atoms with Gasteiger partial charge in [-0.2, -0.15) is 5.06 Å². The first-order chi connectivity index (χ1) is 18.5. The Morgan fingerprint density at radius 1 is 0.868 bits per heavy atom. The fourth-order valence-electron chi connectivity index (χ4n) is 3.93. The molecule has 0 saturated carbocycles. The van der Waals surface area contributed by atoms with E-state index >= 15 is 0 Å². The summed E-state index contributed by atoms with van der Waals surface area (Å²) in [5.41, 5.74) is 3.58. The standard InChI is InChI=1S/C30H24N4O4/c1-20-10-12-24(33-29(35)22-11-13-27-21(16-22)7-5-15-32-27)18-28(20)34(37)30(36)23-6-4-9-26(17-23)38-19-25-8-2-3-14-31-25/h2-18,37H,19H2,1H3,(H,33,35). The Bertz CT molecular complexity index is 1620. The molecule has 0 spiro atoms. The lowest BCUT2D eigenvalue weighted by atomic mass is 10.1. The summed E-state index contributed by atoms with van der Waals surface area (Å²) in [5.74, 6) is -0.487. The second-order valence-electron chi connectivity index (χ2n) is 8.62. The topological polar surface area (TPSA) is 105 Å². The number of anilines is 2. The highest BCUT2D eigenvalue weighted by atomic mass is 16.5. The van der Waals surface area contributed by atoms with E-state index in [0.29, 0.717) is 27.6 Å². The van der Waals surface area contributed by atoms with E-state index < -0.39 is 5.91 Å². The zero-order valence-electron chi connectivity index (χ0n) is 20.5. The zero-order valence-corrected chi connectivity index (χ0v) is 20.5. The predicted molar refractivity (Wildman–Crippen MR) is 144 cm³/mol. The van der Waals surface area contributed by atoms with Gasteiger partial charge in [0.25, 0.3) is 11.8 Å². The van der Waals surface area contributed by atoms with Crippen LogP contribution in [-0.2, 0) is 6.61 Å². The normalized spacial score (nSPS) is 10.7. The number of ether oxygens (including phenoxy) is 1. The van der Waals surface area contributed by atoms with Gasteiger partial charge < -0.3 is 10.1 Å². The van der Waals surface area contributed by atoms with Crippen LogP contribution < -0.4 is 15.1 Å². The molecule has 0 aliphatic heterocycles. The lowest BCUT2D eigenvalue weighted by Gasteiger charge is -2.19. The van der Waals surface area contributed by atoms with Crippen molar-refractivity contribution in [3.05, 3.63) is 126 Å². The number of hydroxylamine groups is 1. The van der Waals surface area contributed by atoms with Crippen molar-refractivity contribution in [3.63, 3.8) is 0 Å². The zero-order chi connectivity index (χ0) is 26.5. The largest absolute Gasteiger partial charge is 0.487 e. The molecule has 5 aromatic rings. The minimum atomic E-state index is -0.637. The van der Waals surface area contributed by atoms with E-state index in [1.54, 1.807) is 80.0 Å². The Morgan fingerprint density at radius 2 is 1.74 bits per heavy atom. The van der Waals surface area contributed by atoms with Crippen molar-refractivity contribution in [1.29, 1.82) is 0 Å². The van der Waals surface area contributed by atoms with Crippen molar-refractivity contribution < 1.29 is 19.5 Å². The molecule has 2 N–H and O–H groups in total. The summed E-state index contributed by atoms with van der Waals surface area (Å²) in [5, 5.41) is 15.1. The summed E-state index contributed by atoms with van der Waals surface area (Å²) in [4.78, 5) is 34.5. The molecule has 0 aliphatic rings. The molecule has 38 heavy (non-hydrogen) atoms. The third-order valence-corrected chi connectivity index (χ3v) is 5.95. The number of benzene rings is 3. The Morgan fingerprint density at radius 3 is 2.58 bits per heavy atom. The number of pyridine rings is 2. The number of nitrogens with zero attached hydrogens (tertiary/aromatic N) is 3. The minimum Gasteiger partial charge on any atom is -0.487 e. The number of nitrogens with one attached hydrogen (secondary N) is 1. The smallest absolute Gasteiger partial charge is 0.282 e. The number of hydrogen-bond acceptors (Lipinski definition) is 6. The van der Waals surface area contributed by atoms with Crippen LogP contribution in [0.3, 0.4) is 0 Å². The van der Waals surface area contributed by atoms with Gasteiger partial charge in [0.1, 0.15) is 12.4 Å². The number of carbonyl (C=O) groups is 2. The average molecular weight is 505 g/mol. The molecule has 2 aromatic heterocycles. The molecule has 188 valence electrons. The van der Waals surface area contributed by atoms with E-state index in [1.807, 2.05) is 30.3 Å². The Kier molecular flexibility index (Phi) is 7.06. The Balaban J connectivity index is 1.31. The van der Waals surface area contributed by atoms with Gasteiger partial charge in [0.05, 0.1) is 16.9 Å². The van der Waals surface area contributed by atoms with Gasteiger partial charge in [-0.25, -0.2) is 0 Å². The molecule has 8 heteroatoms. The predicted octanol–water partition coefficient (Wildman–Crippen LogP) is 5.81. The maximum atomic E-state index is 13.1. The number of carbonyl (C=O) groups excluding carboxylic acids is 2.